The molecule has 0 spiro atoms. The number of hydrogen-bond donors (Lipinski definition) is 2. The molecule has 3 N–H and O–H groups in total. The summed E-state index contributed by atoms with van der Waals surface area (Å²) in [4.78, 5) is 13.6. The summed E-state index contributed by atoms with van der Waals surface area (Å²) in [5.41, 5.74) is 8.02. The number of anilines is 1. The van der Waals surface area contributed by atoms with E-state index in [0.29, 0.717) is 16.8 Å². The van der Waals surface area contributed by atoms with Gasteiger partial charge in [0.2, 0.25) is 0 Å². The standard InChI is InChI=1S/C14H22N2OS/c1-7(2)16-14(17)11-10-8(3)5-6-9(4)12(10)18-13(11)15/h7-9H,5-6,15H2,1-4H3,(H,16,17). The first-order valence-electron chi connectivity index (χ1n) is 6.64. The van der Waals surface area contributed by atoms with E-state index in [9.17, 15) is 4.79 Å². The lowest BCUT2D eigenvalue weighted by atomic mass is 9.81. The van der Waals surface area contributed by atoms with E-state index in [1.54, 1.807) is 11.3 Å². The van der Waals surface area contributed by atoms with Gasteiger partial charge in [-0.05, 0) is 44.1 Å². The molecular weight excluding hydrogens is 244 g/mol. The fraction of sp³-hybridized carbons (Fsp3) is 0.643. The molecule has 0 bridgehead atoms. The highest BCUT2D eigenvalue weighted by molar-refractivity contribution is 7.16. The molecule has 0 aliphatic heterocycles. The zero-order valence-electron chi connectivity index (χ0n) is 11.5. The number of carbonyl (C=O) groups is 1. The van der Waals surface area contributed by atoms with Crippen molar-refractivity contribution in [1.29, 1.82) is 0 Å². The fourth-order valence-electron chi connectivity index (χ4n) is 2.68. The van der Waals surface area contributed by atoms with Crippen molar-refractivity contribution in [2.24, 2.45) is 0 Å². The predicted molar refractivity (Wildman–Crippen MR) is 77.4 cm³/mol. The number of nitrogens with two attached hydrogens (primary N) is 1. The number of hydrogen-bond acceptors (Lipinski definition) is 3. The Kier molecular flexibility index (Phi) is 3.66. The third kappa shape index (κ3) is 2.26. The van der Waals surface area contributed by atoms with Crippen molar-refractivity contribution in [3.05, 3.63) is 16.0 Å². The van der Waals surface area contributed by atoms with Crippen molar-refractivity contribution in [1.82, 2.24) is 5.32 Å². The Morgan fingerprint density at radius 3 is 2.56 bits per heavy atom. The zero-order chi connectivity index (χ0) is 13.4. The molecule has 0 aromatic carbocycles. The van der Waals surface area contributed by atoms with E-state index in [-0.39, 0.29) is 11.9 Å². The zero-order valence-corrected chi connectivity index (χ0v) is 12.4. The van der Waals surface area contributed by atoms with Crippen molar-refractivity contribution in [3.63, 3.8) is 0 Å². The lowest BCUT2D eigenvalue weighted by Crippen LogP contribution is -2.31. The first-order chi connectivity index (χ1) is 8.41. The minimum atomic E-state index is -0.0130. The molecule has 0 saturated heterocycles. The molecule has 2 unspecified atom stereocenters. The van der Waals surface area contributed by atoms with Gasteiger partial charge in [0, 0.05) is 10.9 Å². The van der Waals surface area contributed by atoms with E-state index in [0.717, 1.165) is 12.0 Å². The molecule has 0 saturated carbocycles. The first-order valence-corrected chi connectivity index (χ1v) is 7.46. The smallest absolute Gasteiger partial charge is 0.254 e. The third-order valence-corrected chi connectivity index (χ3v) is 4.89. The van der Waals surface area contributed by atoms with Gasteiger partial charge in [-0.25, -0.2) is 0 Å². The van der Waals surface area contributed by atoms with Gasteiger partial charge in [-0.2, -0.15) is 0 Å². The van der Waals surface area contributed by atoms with E-state index in [2.05, 4.69) is 19.2 Å². The Balaban J connectivity index is 2.45. The molecule has 1 amide bonds. The maximum absolute atomic E-state index is 12.3. The van der Waals surface area contributed by atoms with Gasteiger partial charge < -0.3 is 11.1 Å². The van der Waals surface area contributed by atoms with Gasteiger partial charge in [0.1, 0.15) is 0 Å². The first kappa shape index (κ1) is 13.4. The molecule has 1 aromatic heterocycles. The number of amides is 1. The van der Waals surface area contributed by atoms with Crippen molar-refractivity contribution in [2.45, 2.75) is 58.4 Å². The van der Waals surface area contributed by atoms with E-state index >= 15 is 0 Å². The van der Waals surface area contributed by atoms with Crippen LogP contribution in [0.5, 0.6) is 0 Å². The molecule has 2 rings (SSSR count). The van der Waals surface area contributed by atoms with Crippen LogP contribution in [0.2, 0.25) is 0 Å². The topological polar surface area (TPSA) is 55.1 Å². The SMILES string of the molecule is CC(C)NC(=O)c1c(N)sc2c1C(C)CCC2C. The quantitative estimate of drug-likeness (QED) is 0.861. The van der Waals surface area contributed by atoms with Crippen LogP contribution in [0.1, 0.15) is 73.2 Å². The summed E-state index contributed by atoms with van der Waals surface area (Å²) in [6.07, 6.45) is 2.34. The summed E-state index contributed by atoms with van der Waals surface area (Å²) in [5.74, 6) is 0.961. The minimum absolute atomic E-state index is 0.0130. The average Bonchev–Trinajstić information content (AvgIpc) is 2.61. The van der Waals surface area contributed by atoms with Crippen LogP contribution >= 0.6 is 11.3 Å². The monoisotopic (exact) mass is 266 g/mol. The van der Waals surface area contributed by atoms with Crippen molar-refractivity contribution in [3.8, 4) is 0 Å². The fourth-order valence-corrected chi connectivity index (χ4v) is 3.95. The molecule has 1 aromatic rings. The van der Waals surface area contributed by atoms with Crippen molar-refractivity contribution >= 4 is 22.2 Å². The van der Waals surface area contributed by atoms with Gasteiger partial charge in [0.25, 0.3) is 5.91 Å². The van der Waals surface area contributed by atoms with Crippen LogP contribution in [-0.2, 0) is 0 Å². The summed E-state index contributed by atoms with van der Waals surface area (Å²) < 4.78 is 0. The van der Waals surface area contributed by atoms with Crippen molar-refractivity contribution < 1.29 is 4.79 Å². The second-order valence-corrected chi connectivity index (χ2v) is 6.71. The number of thiophene rings is 1. The summed E-state index contributed by atoms with van der Waals surface area (Å²) in [5, 5.41) is 3.64. The van der Waals surface area contributed by atoms with Crippen LogP contribution in [0.3, 0.4) is 0 Å². The molecule has 100 valence electrons. The number of fused-ring (bicyclic) bond motifs is 1. The minimum Gasteiger partial charge on any atom is -0.390 e. The largest absolute Gasteiger partial charge is 0.390 e. The Morgan fingerprint density at radius 1 is 1.33 bits per heavy atom. The van der Waals surface area contributed by atoms with E-state index < -0.39 is 0 Å². The lowest BCUT2D eigenvalue weighted by molar-refractivity contribution is 0.0942. The Morgan fingerprint density at radius 2 is 1.94 bits per heavy atom. The van der Waals surface area contributed by atoms with Gasteiger partial charge >= 0.3 is 0 Å². The molecule has 4 heteroatoms. The molecule has 0 fully saturated rings. The van der Waals surface area contributed by atoms with Crippen molar-refractivity contribution in [2.75, 3.05) is 5.73 Å². The molecule has 3 nitrogen and oxygen atoms in total. The van der Waals surface area contributed by atoms with Gasteiger partial charge in [-0.1, -0.05) is 13.8 Å². The maximum atomic E-state index is 12.3. The highest BCUT2D eigenvalue weighted by Gasteiger charge is 2.31. The second-order valence-electron chi connectivity index (χ2n) is 5.63. The van der Waals surface area contributed by atoms with E-state index in [1.165, 1.54) is 16.9 Å². The van der Waals surface area contributed by atoms with E-state index in [1.807, 2.05) is 13.8 Å². The average molecular weight is 266 g/mol. The molecule has 0 radical (unpaired) electrons. The molecule has 1 aliphatic carbocycles. The van der Waals surface area contributed by atoms with Crippen LogP contribution in [0.25, 0.3) is 0 Å². The Hall–Kier alpha value is -1.03. The van der Waals surface area contributed by atoms with Crippen LogP contribution < -0.4 is 11.1 Å². The third-order valence-electron chi connectivity index (χ3n) is 3.62. The normalized spacial score (nSPS) is 22.9. The summed E-state index contributed by atoms with van der Waals surface area (Å²) in [6, 6.07) is 0.142. The number of nitrogens with one attached hydrogen (secondary N) is 1. The lowest BCUT2D eigenvalue weighted by Gasteiger charge is -2.25. The number of rotatable bonds is 2. The maximum Gasteiger partial charge on any atom is 0.254 e. The summed E-state index contributed by atoms with van der Waals surface area (Å²) in [7, 11) is 0. The summed E-state index contributed by atoms with van der Waals surface area (Å²) in [6.45, 7) is 8.37. The van der Waals surface area contributed by atoms with Gasteiger partial charge in [-0.15, -0.1) is 11.3 Å². The van der Waals surface area contributed by atoms with Crippen LogP contribution in [-0.4, -0.2) is 11.9 Å². The Bertz CT molecular complexity index is 465. The van der Waals surface area contributed by atoms with E-state index in [4.69, 9.17) is 5.73 Å². The van der Waals surface area contributed by atoms with Crippen LogP contribution in [0, 0.1) is 0 Å². The molecule has 1 heterocycles. The molecule has 2 atom stereocenters. The van der Waals surface area contributed by atoms with Crippen LogP contribution in [0.15, 0.2) is 0 Å². The summed E-state index contributed by atoms with van der Waals surface area (Å²) >= 11 is 1.60. The second kappa shape index (κ2) is 4.92. The molecular formula is C14H22N2OS. The Labute approximate surface area is 113 Å². The highest BCUT2D eigenvalue weighted by Crippen LogP contribution is 2.47. The molecule has 1 aliphatic rings. The predicted octanol–water partition coefficient (Wildman–Crippen LogP) is 3.47. The van der Waals surface area contributed by atoms with Gasteiger partial charge in [0.05, 0.1) is 10.6 Å². The number of carbonyl (C=O) groups excluding carboxylic acids is 1. The van der Waals surface area contributed by atoms with Gasteiger partial charge in [-0.3, -0.25) is 4.79 Å². The van der Waals surface area contributed by atoms with Crippen LogP contribution in [0.4, 0.5) is 5.00 Å². The highest BCUT2D eigenvalue weighted by atomic mass is 32.1. The molecule has 18 heavy (non-hydrogen) atoms. The van der Waals surface area contributed by atoms with Gasteiger partial charge in [0.15, 0.2) is 0 Å². The number of nitrogen functional groups attached to an aromatic ring is 1.